The van der Waals surface area contributed by atoms with Gasteiger partial charge in [0.25, 0.3) is 11.7 Å². The highest BCUT2D eigenvalue weighted by Gasteiger charge is 2.36. The number of ether oxygens (including phenoxy) is 1. The lowest BCUT2D eigenvalue weighted by molar-refractivity contribution is -0.137. The normalized spacial score (nSPS) is 13.1. The Morgan fingerprint density at radius 1 is 0.722 bits per heavy atom. The molecule has 1 aliphatic heterocycles. The summed E-state index contributed by atoms with van der Waals surface area (Å²) in [6, 6.07) is 27.2. The van der Waals surface area contributed by atoms with Gasteiger partial charge in [0.2, 0.25) is 0 Å². The van der Waals surface area contributed by atoms with Crippen LogP contribution in [0.5, 0.6) is 5.75 Å². The first-order valence-corrected chi connectivity index (χ1v) is 11.2. The molecule has 0 radical (unpaired) electrons. The zero-order valence-corrected chi connectivity index (χ0v) is 19.0. The van der Waals surface area contributed by atoms with Gasteiger partial charge in [0.1, 0.15) is 12.4 Å². The first kappa shape index (κ1) is 23.4. The molecule has 0 aromatic heterocycles. The summed E-state index contributed by atoms with van der Waals surface area (Å²) in [5.74, 6) is -0.982. The van der Waals surface area contributed by atoms with Gasteiger partial charge in [0.05, 0.1) is 23.4 Å². The van der Waals surface area contributed by atoms with Crippen molar-refractivity contribution >= 4 is 17.4 Å². The van der Waals surface area contributed by atoms with Crippen LogP contribution >= 0.6 is 0 Å². The molecule has 5 rings (SSSR count). The Bertz CT molecular complexity index is 1430. The van der Waals surface area contributed by atoms with Crippen LogP contribution < -0.4 is 9.64 Å². The van der Waals surface area contributed by atoms with Gasteiger partial charge in [-0.15, -0.1) is 0 Å². The maximum Gasteiger partial charge on any atom is 0.416 e. The molecule has 0 atom stereocenters. The molecular formula is C29H20F3NO3. The van der Waals surface area contributed by atoms with Crippen LogP contribution in [0.2, 0.25) is 0 Å². The minimum atomic E-state index is -4.44. The van der Waals surface area contributed by atoms with Crippen molar-refractivity contribution in [2.75, 3.05) is 4.90 Å². The summed E-state index contributed by atoms with van der Waals surface area (Å²) in [5, 5.41) is 0. The van der Waals surface area contributed by atoms with E-state index in [2.05, 4.69) is 0 Å². The molecule has 0 N–H and O–H groups in total. The van der Waals surface area contributed by atoms with Crippen LogP contribution in [0.15, 0.2) is 97.1 Å². The topological polar surface area (TPSA) is 46.6 Å². The third-order valence-corrected chi connectivity index (χ3v) is 6.00. The number of amides is 1. The van der Waals surface area contributed by atoms with Crippen molar-refractivity contribution in [2.24, 2.45) is 0 Å². The minimum Gasteiger partial charge on any atom is -0.489 e. The number of alkyl halides is 3. The molecule has 4 nitrogen and oxygen atoms in total. The van der Waals surface area contributed by atoms with Crippen LogP contribution in [0.1, 0.15) is 27.0 Å². The van der Waals surface area contributed by atoms with Crippen LogP contribution in [-0.2, 0) is 24.1 Å². The highest BCUT2D eigenvalue weighted by atomic mass is 19.4. The number of carbonyl (C=O) groups excluding carboxylic acids is 2. The monoisotopic (exact) mass is 487 g/mol. The van der Waals surface area contributed by atoms with E-state index >= 15 is 0 Å². The fourth-order valence-corrected chi connectivity index (χ4v) is 4.15. The standard InChI is InChI=1S/C29H20F3NO3/c30-29(31,32)23-8-4-5-20(15-23)18-36-24-13-14-26-25(16-24)27(34)28(35)33(26)17-19-9-11-22(12-10-19)21-6-2-1-3-7-21/h1-16H,17-18H2. The summed E-state index contributed by atoms with van der Waals surface area (Å²) in [6.45, 7) is 0.124. The molecule has 1 amide bonds. The van der Waals surface area contributed by atoms with Crippen LogP contribution in [0.4, 0.5) is 18.9 Å². The summed E-state index contributed by atoms with van der Waals surface area (Å²) in [4.78, 5) is 26.8. The highest BCUT2D eigenvalue weighted by molar-refractivity contribution is 6.52. The van der Waals surface area contributed by atoms with Crippen molar-refractivity contribution in [3.05, 3.63) is 119 Å². The van der Waals surface area contributed by atoms with Crippen molar-refractivity contribution in [3.8, 4) is 16.9 Å². The molecule has 1 aliphatic rings. The maximum atomic E-state index is 12.9. The van der Waals surface area contributed by atoms with Crippen LogP contribution in [0, 0.1) is 0 Å². The summed E-state index contributed by atoms with van der Waals surface area (Å²) in [7, 11) is 0. The molecule has 0 saturated carbocycles. The van der Waals surface area contributed by atoms with Crippen molar-refractivity contribution in [3.63, 3.8) is 0 Å². The number of anilines is 1. The first-order chi connectivity index (χ1) is 17.3. The Hall–Kier alpha value is -4.39. The summed E-state index contributed by atoms with van der Waals surface area (Å²) < 4.78 is 44.4. The smallest absolute Gasteiger partial charge is 0.416 e. The lowest BCUT2D eigenvalue weighted by atomic mass is 10.0. The van der Waals surface area contributed by atoms with E-state index < -0.39 is 23.4 Å². The number of benzene rings is 4. The van der Waals surface area contributed by atoms with Gasteiger partial charge in [-0.05, 0) is 52.6 Å². The molecule has 1 heterocycles. The Balaban J connectivity index is 1.31. The molecular weight excluding hydrogens is 467 g/mol. The maximum absolute atomic E-state index is 12.9. The number of carbonyl (C=O) groups is 2. The van der Waals surface area contributed by atoms with E-state index in [1.807, 2.05) is 54.6 Å². The predicted octanol–water partition coefficient (Wildman–Crippen LogP) is 6.68. The third kappa shape index (κ3) is 4.73. The molecule has 0 saturated heterocycles. The SMILES string of the molecule is O=C1C(=O)N(Cc2ccc(-c3ccccc3)cc2)c2ccc(OCc3cccc(C(F)(F)F)c3)cc21. The van der Waals surface area contributed by atoms with Crippen molar-refractivity contribution in [1.29, 1.82) is 0 Å². The second kappa shape index (κ2) is 9.34. The molecule has 7 heteroatoms. The fourth-order valence-electron chi connectivity index (χ4n) is 4.15. The second-order valence-electron chi connectivity index (χ2n) is 8.45. The van der Waals surface area contributed by atoms with Gasteiger partial charge < -0.3 is 9.64 Å². The first-order valence-electron chi connectivity index (χ1n) is 11.2. The van der Waals surface area contributed by atoms with Crippen molar-refractivity contribution in [1.82, 2.24) is 0 Å². The molecule has 0 bridgehead atoms. The number of nitrogens with zero attached hydrogens (tertiary/aromatic N) is 1. The number of ketones is 1. The minimum absolute atomic E-state index is 0.109. The molecule has 4 aromatic carbocycles. The predicted molar refractivity (Wildman–Crippen MR) is 130 cm³/mol. The number of rotatable bonds is 6. The lowest BCUT2D eigenvalue weighted by Gasteiger charge is -2.17. The molecule has 180 valence electrons. The zero-order valence-electron chi connectivity index (χ0n) is 19.0. The number of Topliss-reactive ketones (excluding diaryl/α,β-unsaturated/α-hetero) is 1. The van der Waals surface area contributed by atoms with E-state index in [0.717, 1.165) is 28.8 Å². The van der Waals surface area contributed by atoms with Gasteiger partial charge in [-0.25, -0.2) is 0 Å². The van der Waals surface area contributed by atoms with Gasteiger partial charge in [0.15, 0.2) is 0 Å². The van der Waals surface area contributed by atoms with Crippen LogP contribution in [0.3, 0.4) is 0 Å². The largest absolute Gasteiger partial charge is 0.489 e. The van der Waals surface area contributed by atoms with E-state index in [1.54, 1.807) is 12.1 Å². The molecule has 0 spiro atoms. The van der Waals surface area contributed by atoms with Crippen LogP contribution in [0.25, 0.3) is 11.1 Å². The van der Waals surface area contributed by atoms with Gasteiger partial charge in [0, 0.05) is 0 Å². The Morgan fingerprint density at radius 3 is 2.17 bits per heavy atom. The lowest BCUT2D eigenvalue weighted by Crippen LogP contribution is -2.29. The summed E-state index contributed by atoms with van der Waals surface area (Å²) in [5.41, 5.74) is 3.27. The molecule has 0 unspecified atom stereocenters. The molecule has 0 fully saturated rings. The summed E-state index contributed by atoms with van der Waals surface area (Å²) >= 11 is 0. The van der Waals surface area contributed by atoms with Crippen LogP contribution in [-0.4, -0.2) is 11.7 Å². The molecule has 36 heavy (non-hydrogen) atoms. The Kier molecular flexibility index (Phi) is 6.06. The Labute approximate surface area is 205 Å². The van der Waals surface area contributed by atoms with Gasteiger partial charge >= 0.3 is 6.18 Å². The number of hydrogen-bond acceptors (Lipinski definition) is 3. The number of hydrogen-bond donors (Lipinski definition) is 0. The number of halogens is 3. The molecule has 4 aromatic rings. The van der Waals surface area contributed by atoms with E-state index in [9.17, 15) is 22.8 Å². The van der Waals surface area contributed by atoms with E-state index in [-0.39, 0.29) is 18.7 Å². The molecule has 0 aliphatic carbocycles. The van der Waals surface area contributed by atoms with E-state index in [1.165, 1.54) is 23.1 Å². The van der Waals surface area contributed by atoms with E-state index in [0.29, 0.717) is 17.0 Å². The zero-order chi connectivity index (χ0) is 25.3. The number of fused-ring (bicyclic) bond motifs is 1. The Morgan fingerprint density at radius 2 is 1.44 bits per heavy atom. The average molecular weight is 487 g/mol. The van der Waals surface area contributed by atoms with E-state index in [4.69, 9.17) is 4.74 Å². The highest BCUT2D eigenvalue weighted by Crippen LogP contribution is 2.34. The average Bonchev–Trinajstić information content (AvgIpc) is 3.12. The van der Waals surface area contributed by atoms with Gasteiger partial charge in [-0.2, -0.15) is 13.2 Å². The van der Waals surface area contributed by atoms with Crippen molar-refractivity contribution in [2.45, 2.75) is 19.3 Å². The van der Waals surface area contributed by atoms with Gasteiger partial charge in [-0.3, -0.25) is 9.59 Å². The summed E-state index contributed by atoms with van der Waals surface area (Å²) in [6.07, 6.45) is -4.44. The third-order valence-electron chi connectivity index (χ3n) is 6.00. The second-order valence-corrected chi connectivity index (χ2v) is 8.45. The van der Waals surface area contributed by atoms with Crippen molar-refractivity contribution < 1.29 is 27.5 Å². The quantitative estimate of drug-likeness (QED) is 0.285. The fraction of sp³-hybridized carbons (Fsp3) is 0.103. The van der Waals surface area contributed by atoms with Gasteiger partial charge in [-0.1, -0.05) is 66.7 Å².